The Morgan fingerprint density at radius 1 is 1.14 bits per heavy atom. The average molecular weight is 306 g/mol. The molecule has 22 heavy (non-hydrogen) atoms. The van der Waals surface area contributed by atoms with E-state index in [0.29, 0.717) is 17.9 Å². The van der Waals surface area contributed by atoms with E-state index in [0.717, 1.165) is 18.4 Å². The molecule has 1 aromatic carbocycles. The summed E-state index contributed by atoms with van der Waals surface area (Å²) < 4.78 is 9.97. The summed E-state index contributed by atoms with van der Waals surface area (Å²) >= 11 is 0. The Labute approximate surface area is 132 Å². The largest absolute Gasteiger partial charge is 0.469 e. The molecule has 4 nitrogen and oxygen atoms in total. The van der Waals surface area contributed by atoms with Crippen LogP contribution in [0.1, 0.15) is 68.8 Å². The first-order valence-corrected chi connectivity index (χ1v) is 7.63. The third-order valence-electron chi connectivity index (χ3n) is 3.36. The lowest BCUT2D eigenvalue weighted by molar-refractivity contribution is -0.140. The molecule has 122 valence electrons. The third kappa shape index (κ3) is 6.29. The molecular weight excluding hydrogens is 280 g/mol. The van der Waals surface area contributed by atoms with Gasteiger partial charge in [-0.3, -0.25) is 4.79 Å². The van der Waals surface area contributed by atoms with E-state index in [4.69, 9.17) is 4.74 Å². The number of benzene rings is 1. The molecule has 0 aliphatic heterocycles. The zero-order valence-electron chi connectivity index (χ0n) is 14.1. The van der Waals surface area contributed by atoms with Crippen molar-refractivity contribution in [1.29, 1.82) is 0 Å². The van der Waals surface area contributed by atoms with Gasteiger partial charge in [-0.15, -0.1) is 0 Å². The number of hydrogen-bond donors (Lipinski definition) is 0. The standard InChI is InChI=1S/C18H26O4/c1-13(7-6-8-16(19)21-5)14-9-11-15(12-10-14)17(20)22-18(2,3)4/h9-13H,6-8H2,1-5H3. The number of rotatable bonds is 6. The van der Waals surface area contributed by atoms with Crippen LogP contribution in [0.15, 0.2) is 24.3 Å². The highest BCUT2D eigenvalue weighted by Crippen LogP contribution is 2.22. The lowest BCUT2D eigenvalue weighted by Gasteiger charge is -2.19. The summed E-state index contributed by atoms with van der Waals surface area (Å²) in [5.74, 6) is -0.151. The van der Waals surface area contributed by atoms with Gasteiger partial charge in [0.15, 0.2) is 0 Å². The quantitative estimate of drug-likeness (QED) is 0.743. The van der Waals surface area contributed by atoms with Crippen molar-refractivity contribution in [1.82, 2.24) is 0 Å². The molecule has 1 unspecified atom stereocenters. The van der Waals surface area contributed by atoms with Gasteiger partial charge < -0.3 is 9.47 Å². The number of methoxy groups -OCH3 is 1. The first-order chi connectivity index (χ1) is 10.2. The number of carbonyl (C=O) groups is 2. The topological polar surface area (TPSA) is 52.6 Å². The van der Waals surface area contributed by atoms with E-state index in [1.54, 1.807) is 12.1 Å². The van der Waals surface area contributed by atoms with Crippen molar-refractivity contribution < 1.29 is 19.1 Å². The fourth-order valence-corrected chi connectivity index (χ4v) is 2.11. The maximum absolute atomic E-state index is 11.9. The second-order valence-electron chi connectivity index (χ2n) is 6.49. The van der Waals surface area contributed by atoms with Crippen molar-refractivity contribution in [3.63, 3.8) is 0 Å². The van der Waals surface area contributed by atoms with Gasteiger partial charge in [-0.1, -0.05) is 19.1 Å². The molecule has 1 atom stereocenters. The first kappa shape index (κ1) is 18.2. The average Bonchev–Trinajstić information content (AvgIpc) is 2.45. The summed E-state index contributed by atoms with van der Waals surface area (Å²) in [6, 6.07) is 7.48. The van der Waals surface area contributed by atoms with Crippen molar-refractivity contribution in [2.24, 2.45) is 0 Å². The van der Waals surface area contributed by atoms with Gasteiger partial charge in [-0.2, -0.15) is 0 Å². The SMILES string of the molecule is COC(=O)CCCC(C)c1ccc(C(=O)OC(C)(C)C)cc1. The Bertz CT molecular complexity index is 497. The molecule has 0 N–H and O–H groups in total. The first-order valence-electron chi connectivity index (χ1n) is 7.63. The van der Waals surface area contributed by atoms with E-state index in [-0.39, 0.29) is 11.9 Å². The molecular formula is C18H26O4. The van der Waals surface area contributed by atoms with Crippen LogP contribution in [0.5, 0.6) is 0 Å². The van der Waals surface area contributed by atoms with Gasteiger partial charge in [0, 0.05) is 6.42 Å². The number of esters is 2. The van der Waals surface area contributed by atoms with E-state index < -0.39 is 5.60 Å². The van der Waals surface area contributed by atoms with Crippen LogP contribution < -0.4 is 0 Å². The van der Waals surface area contributed by atoms with Crippen LogP contribution in [0.4, 0.5) is 0 Å². The zero-order valence-corrected chi connectivity index (χ0v) is 14.1. The Kier molecular flexibility index (Phi) is 6.60. The summed E-state index contributed by atoms with van der Waals surface area (Å²) in [6.07, 6.45) is 2.14. The van der Waals surface area contributed by atoms with Crippen molar-refractivity contribution in [2.75, 3.05) is 7.11 Å². The highest BCUT2D eigenvalue weighted by Gasteiger charge is 2.18. The molecule has 0 fully saturated rings. The predicted octanol–water partition coefficient (Wildman–Crippen LogP) is 4.09. The fraction of sp³-hybridized carbons (Fsp3) is 0.556. The van der Waals surface area contributed by atoms with E-state index in [9.17, 15) is 9.59 Å². The van der Waals surface area contributed by atoms with Crippen LogP contribution in [0.3, 0.4) is 0 Å². The van der Waals surface area contributed by atoms with E-state index in [1.807, 2.05) is 32.9 Å². The second-order valence-corrected chi connectivity index (χ2v) is 6.49. The van der Waals surface area contributed by atoms with Gasteiger partial charge in [0.1, 0.15) is 5.60 Å². The fourth-order valence-electron chi connectivity index (χ4n) is 2.11. The van der Waals surface area contributed by atoms with Gasteiger partial charge in [-0.05, 0) is 57.2 Å². The van der Waals surface area contributed by atoms with Crippen LogP contribution in [-0.2, 0) is 14.3 Å². The Morgan fingerprint density at radius 2 is 1.73 bits per heavy atom. The van der Waals surface area contributed by atoms with E-state index in [1.165, 1.54) is 7.11 Å². The van der Waals surface area contributed by atoms with Gasteiger partial charge >= 0.3 is 11.9 Å². The van der Waals surface area contributed by atoms with Crippen molar-refractivity contribution in [3.8, 4) is 0 Å². The van der Waals surface area contributed by atoms with Crippen molar-refractivity contribution >= 4 is 11.9 Å². The monoisotopic (exact) mass is 306 g/mol. The van der Waals surface area contributed by atoms with Crippen molar-refractivity contribution in [2.45, 2.75) is 58.5 Å². The zero-order chi connectivity index (χ0) is 16.8. The van der Waals surface area contributed by atoms with Crippen molar-refractivity contribution in [3.05, 3.63) is 35.4 Å². The molecule has 0 aliphatic carbocycles. The number of hydrogen-bond acceptors (Lipinski definition) is 4. The highest BCUT2D eigenvalue weighted by molar-refractivity contribution is 5.89. The highest BCUT2D eigenvalue weighted by atomic mass is 16.6. The van der Waals surface area contributed by atoms with Gasteiger partial charge in [-0.25, -0.2) is 4.79 Å². The summed E-state index contributed by atoms with van der Waals surface area (Å²) in [5.41, 5.74) is 1.22. The molecule has 4 heteroatoms. The molecule has 0 amide bonds. The molecule has 0 aliphatic rings. The summed E-state index contributed by atoms with van der Waals surface area (Å²) in [4.78, 5) is 23.0. The Morgan fingerprint density at radius 3 is 2.23 bits per heavy atom. The molecule has 1 rings (SSSR count). The summed E-state index contributed by atoms with van der Waals surface area (Å²) in [6.45, 7) is 7.66. The second kappa shape index (κ2) is 7.97. The van der Waals surface area contributed by atoms with Gasteiger partial charge in [0.05, 0.1) is 12.7 Å². The van der Waals surface area contributed by atoms with Crippen LogP contribution in [0.2, 0.25) is 0 Å². The van der Waals surface area contributed by atoms with E-state index >= 15 is 0 Å². The molecule has 0 spiro atoms. The predicted molar refractivity (Wildman–Crippen MR) is 85.9 cm³/mol. The van der Waals surface area contributed by atoms with Gasteiger partial charge in [0.25, 0.3) is 0 Å². The van der Waals surface area contributed by atoms with Crippen LogP contribution in [0.25, 0.3) is 0 Å². The number of ether oxygens (including phenoxy) is 2. The molecule has 0 aromatic heterocycles. The maximum atomic E-state index is 11.9. The Hall–Kier alpha value is -1.84. The van der Waals surface area contributed by atoms with Crippen LogP contribution in [0, 0.1) is 0 Å². The summed E-state index contributed by atoms with van der Waals surface area (Å²) in [5, 5.41) is 0. The van der Waals surface area contributed by atoms with Crippen LogP contribution in [-0.4, -0.2) is 24.6 Å². The molecule has 0 radical (unpaired) electrons. The van der Waals surface area contributed by atoms with Crippen LogP contribution >= 0.6 is 0 Å². The lowest BCUT2D eigenvalue weighted by Crippen LogP contribution is -2.23. The summed E-state index contributed by atoms with van der Waals surface area (Å²) in [7, 11) is 1.40. The molecule has 1 aromatic rings. The minimum atomic E-state index is -0.489. The molecule has 0 bridgehead atoms. The lowest BCUT2D eigenvalue weighted by atomic mass is 9.94. The molecule has 0 heterocycles. The number of carbonyl (C=O) groups excluding carboxylic acids is 2. The Balaban J connectivity index is 2.57. The minimum absolute atomic E-state index is 0.174. The van der Waals surface area contributed by atoms with Gasteiger partial charge in [0.2, 0.25) is 0 Å². The smallest absolute Gasteiger partial charge is 0.338 e. The normalized spacial score (nSPS) is 12.6. The molecule has 0 saturated heterocycles. The van der Waals surface area contributed by atoms with E-state index in [2.05, 4.69) is 11.7 Å². The maximum Gasteiger partial charge on any atom is 0.338 e. The third-order valence-corrected chi connectivity index (χ3v) is 3.36. The molecule has 0 saturated carbocycles. The minimum Gasteiger partial charge on any atom is -0.469 e.